The van der Waals surface area contributed by atoms with E-state index in [1.54, 1.807) is 6.07 Å². The average Bonchev–Trinajstić information content (AvgIpc) is 2.40. The van der Waals surface area contributed by atoms with Crippen LogP contribution >= 0.6 is 39.9 Å². The summed E-state index contributed by atoms with van der Waals surface area (Å²) >= 11 is 8.84. The van der Waals surface area contributed by atoms with Gasteiger partial charge in [-0.15, -0.1) is 24.0 Å². The highest BCUT2D eigenvalue weighted by Gasteiger charge is 2.15. The van der Waals surface area contributed by atoms with Crippen LogP contribution in [0.2, 0.25) is 0 Å². The van der Waals surface area contributed by atoms with Gasteiger partial charge < -0.3 is 5.11 Å². The third kappa shape index (κ3) is 1.55. The Balaban J connectivity index is 2.86. The second-order valence-corrected chi connectivity index (χ2v) is 5.45. The Labute approximate surface area is 98.1 Å². The predicted molar refractivity (Wildman–Crippen MR) is 63.7 cm³/mol. The van der Waals surface area contributed by atoms with Crippen molar-refractivity contribution < 1.29 is 9.90 Å². The second kappa shape index (κ2) is 3.56. The fourth-order valence-electron chi connectivity index (χ4n) is 1.26. The summed E-state index contributed by atoms with van der Waals surface area (Å²) in [6.07, 6.45) is 0. The van der Waals surface area contributed by atoms with E-state index in [9.17, 15) is 4.79 Å². The summed E-state index contributed by atoms with van der Waals surface area (Å²) in [6, 6.07) is 5.57. The van der Waals surface area contributed by atoms with Crippen LogP contribution < -0.4 is 0 Å². The molecule has 2 aromatic rings. The number of aromatic carboxylic acids is 1. The molecule has 0 aliphatic carbocycles. The van der Waals surface area contributed by atoms with Gasteiger partial charge in [-0.3, -0.25) is 0 Å². The Morgan fingerprint density at radius 3 is 2.86 bits per heavy atom. The van der Waals surface area contributed by atoms with Crippen molar-refractivity contribution in [3.8, 4) is 0 Å². The standard InChI is InChI=1S/C9H5BrO2S2/c10-4-1-2-6-5(3-4)7(8(11)12)9(13)14-6/h1-3,13H,(H,11,12). The number of hydrogen-bond acceptors (Lipinski definition) is 3. The molecule has 0 fully saturated rings. The molecule has 14 heavy (non-hydrogen) atoms. The van der Waals surface area contributed by atoms with Crippen LogP contribution in [0.5, 0.6) is 0 Å². The van der Waals surface area contributed by atoms with Gasteiger partial charge in [0.1, 0.15) is 0 Å². The van der Waals surface area contributed by atoms with Gasteiger partial charge in [-0.05, 0) is 18.2 Å². The first-order valence-corrected chi connectivity index (χ1v) is 5.79. The molecular formula is C9H5BrO2S2. The monoisotopic (exact) mass is 288 g/mol. The van der Waals surface area contributed by atoms with Crippen LogP contribution in [0, 0.1) is 0 Å². The largest absolute Gasteiger partial charge is 0.478 e. The van der Waals surface area contributed by atoms with Crippen molar-refractivity contribution in [1.82, 2.24) is 0 Å². The molecule has 1 heterocycles. The number of rotatable bonds is 1. The normalized spacial score (nSPS) is 10.7. The highest BCUT2D eigenvalue weighted by Crippen LogP contribution is 2.35. The van der Waals surface area contributed by atoms with E-state index < -0.39 is 5.97 Å². The molecule has 2 rings (SSSR count). The average molecular weight is 289 g/mol. The van der Waals surface area contributed by atoms with E-state index in [0.29, 0.717) is 4.21 Å². The lowest BCUT2D eigenvalue weighted by Gasteiger charge is -1.94. The third-order valence-corrected chi connectivity index (χ3v) is 3.81. The molecule has 1 N–H and O–H groups in total. The van der Waals surface area contributed by atoms with E-state index in [2.05, 4.69) is 28.6 Å². The van der Waals surface area contributed by atoms with Gasteiger partial charge in [-0.25, -0.2) is 4.79 Å². The molecule has 0 radical (unpaired) electrons. The second-order valence-electron chi connectivity index (χ2n) is 2.73. The molecule has 72 valence electrons. The summed E-state index contributed by atoms with van der Waals surface area (Å²) in [6.45, 7) is 0. The smallest absolute Gasteiger partial charge is 0.338 e. The van der Waals surface area contributed by atoms with Gasteiger partial charge in [-0.2, -0.15) is 0 Å². The maximum atomic E-state index is 11.0. The number of thiophene rings is 1. The molecule has 0 aliphatic heterocycles. The number of halogens is 1. The summed E-state index contributed by atoms with van der Waals surface area (Å²) in [5.41, 5.74) is 0.287. The molecule has 0 amide bonds. The molecule has 1 aromatic heterocycles. The van der Waals surface area contributed by atoms with Gasteiger partial charge in [-0.1, -0.05) is 15.9 Å². The van der Waals surface area contributed by atoms with Crippen molar-refractivity contribution in [2.75, 3.05) is 0 Å². The maximum absolute atomic E-state index is 11.0. The van der Waals surface area contributed by atoms with E-state index >= 15 is 0 Å². The quantitative estimate of drug-likeness (QED) is 0.786. The topological polar surface area (TPSA) is 37.3 Å². The van der Waals surface area contributed by atoms with Gasteiger partial charge >= 0.3 is 5.97 Å². The lowest BCUT2D eigenvalue weighted by atomic mass is 10.2. The molecular weight excluding hydrogens is 284 g/mol. The van der Waals surface area contributed by atoms with E-state index in [1.807, 2.05) is 12.1 Å². The molecule has 0 spiro atoms. The Hall–Kier alpha value is -0.520. The highest BCUT2D eigenvalue weighted by molar-refractivity contribution is 9.10. The predicted octanol–water partition coefficient (Wildman–Crippen LogP) is 3.65. The summed E-state index contributed by atoms with van der Waals surface area (Å²) in [4.78, 5) is 11.0. The van der Waals surface area contributed by atoms with Crippen LogP contribution in [0.1, 0.15) is 10.4 Å². The van der Waals surface area contributed by atoms with Crippen molar-refractivity contribution in [3.63, 3.8) is 0 Å². The van der Waals surface area contributed by atoms with Crippen molar-refractivity contribution in [2.24, 2.45) is 0 Å². The van der Waals surface area contributed by atoms with Crippen LogP contribution in [-0.2, 0) is 0 Å². The third-order valence-electron chi connectivity index (χ3n) is 1.85. The van der Waals surface area contributed by atoms with Crippen LogP contribution in [-0.4, -0.2) is 11.1 Å². The summed E-state index contributed by atoms with van der Waals surface area (Å²) in [7, 11) is 0. The first-order valence-electron chi connectivity index (χ1n) is 3.74. The van der Waals surface area contributed by atoms with Crippen molar-refractivity contribution in [2.45, 2.75) is 4.21 Å². The van der Waals surface area contributed by atoms with E-state index in [-0.39, 0.29) is 5.56 Å². The van der Waals surface area contributed by atoms with Crippen LogP contribution in [0.3, 0.4) is 0 Å². The molecule has 1 aromatic carbocycles. The first-order chi connectivity index (χ1) is 6.59. The molecule has 0 saturated heterocycles. The molecule has 0 aliphatic rings. The zero-order valence-electron chi connectivity index (χ0n) is 6.82. The number of benzene rings is 1. The Kier molecular flexibility index (Phi) is 2.55. The highest BCUT2D eigenvalue weighted by atomic mass is 79.9. The van der Waals surface area contributed by atoms with Crippen LogP contribution in [0.25, 0.3) is 10.1 Å². The summed E-state index contributed by atoms with van der Waals surface area (Å²) < 4.78 is 2.36. The van der Waals surface area contributed by atoms with Gasteiger partial charge in [0.05, 0.1) is 9.77 Å². The zero-order valence-corrected chi connectivity index (χ0v) is 10.1. The molecule has 0 atom stereocenters. The molecule has 5 heteroatoms. The minimum atomic E-state index is -0.931. The number of thiol groups is 1. The Morgan fingerprint density at radius 2 is 2.21 bits per heavy atom. The number of carboxylic acids is 1. The Morgan fingerprint density at radius 1 is 1.50 bits per heavy atom. The van der Waals surface area contributed by atoms with Gasteiger partial charge in [0.15, 0.2) is 0 Å². The SMILES string of the molecule is O=C(O)c1c(S)sc2ccc(Br)cc12. The zero-order chi connectivity index (χ0) is 10.3. The first kappa shape index (κ1) is 10.0. The van der Waals surface area contributed by atoms with Crippen LogP contribution in [0.15, 0.2) is 26.9 Å². The fraction of sp³-hybridized carbons (Fsp3) is 0. The summed E-state index contributed by atoms with van der Waals surface area (Å²) in [5, 5.41) is 9.72. The lowest BCUT2D eigenvalue weighted by molar-refractivity contribution is 0.0696. The van der Waals surface area contributed by atoms with Crippen molar-refractivity contribution in [3.05, 3.63) is 28.2 Å². The molecule has 0 unspecified atom stereocenters. The van der Waals surface area contributed by atoms with Crippen molar-refractivity contribution in [1.29, 1.82) is 0 Å². The molecule has 0 bridgehead atoms. The van der Waals surface area contributed by atoms with Gasteiger partial charge in [0.25, 0.3) is 0 Å². The maximum Gasteiger partial charge on any atom is 0.338 e. The minimum absolute atomic E-state index is 0.287. The summed E-state index contributed by atoms with van der Waals surface area (Å²) in [5.74, 6) is -0.931. The molecule has 2 nitrogen and oxygen atoms in total. The number of carbonyl (C=O) groups is 1. The number of carboxylic acid groups (broad SMARTS) is 1. The number of fused-ring (bicyclic) bond motifs is 1. The van der Waals surface area contributed by atoms with Gasteiger partial charge in [0, 0.05) is 14.6 Å². The molecule has 0 saturated carbocycles. The van der Waals surface area contributed by atoms with E-state index in [4.69, 9.17) is 5.11 Å². The van der Waals surface area contributed by atoms with E-state index in [1.165, 1.54) is 11.3 Å². The van der Waals surface area contributed by atoms with E-state index in [0.717, 1.165) is 14.6 Å². The number of hydrogen-bond donors (Lipinski definition) is 2. The minimum Gasteiger partial charge on any atom is -0.478 e. The van der Waals surface area contributed by atoms with Crippen molar-refractivity contribution >= 4 is 56.0 Å². The van der Waals surface area contributed by atoms with Crippen LogP contribution in [0.4, 0.5) is 0 Å². The Bertz CT molecular complexity index is 519. The lowest BCUT2D eigenvalue weighted by Crippen LogP contribution is -1.94. The van der Waals surface area contributed by atoms with Gasteiger partial charge in [0.2, 0.25) is 0 Å². The fourth-order valence-corrected chi connectivity index (χ4v) is 3.05.